The average molecular weight is 428 g/mol. The molecule has 0 bridgehead atoms. The highest BCUT2D eigenvalue weighted by Crippen LogP contribution is 2.35. The van der Waals surface area contributed by atoms with Gasteiger partial charge < -0.3 is 15.0 Å². The molecule has 0 fully saturated rings. The summed E-state index contributed by atoms with van der Waals surface area (Å²) in [4.78, 5) is 25.1. The van der Waals surface area contributed by atoms with Crippen molar-refractivity contribution >= 4 is 28.7 Å². The van der Waals surface area contributed by atoms with Gasteiger partial charge in [-0.3, -0.25) is 4.79 Å². The fourth-order valence-electron chi connectivity index (χ4n) is 2.48. The third-order valence-electron chi connectivity index (χ3n) is 3.87. The van der Waals surface area contributed by atoms with Crippen molar-refractivity contribution in [3.63, 3.8) is 0 Å². The highest BCUT2D eigenvalue weighted by Gasteiger charge is 2.36. The van der Waals surface area contributed by atoms with Gasteiger partial charge in [-0.15, -0.1) is 11.3 Å². The van der Waals surface area contributed by atoms with Crippen LogP contribution in [0.25, 0.3) is 0 Å². The first-order chi connectivity index (χ1) is 13.7. The van der Waals surface area contributed by atoms with Gasteiger partial charge in [-0.05, 0) is 19.4 Å². The zero-order valence-corrected chi connectivity index (χ0v) is 16.9. The van der Waals surface area contributed by atoms with Gasteiger partial charge in [0.25, 0.3) is 5.91 Å². The molecule has 29 heavy (non-hydrogen) atoms. The van der Waals surface area contributed by atoms with E-state index in [4.69, 9.17) is 9.68 Å². The third-order valence-corrected chi connectivity index (χ3v) is 4.74. The molecule has 1 amide bonds. The van der Waals surface area contributed by atoms with Gasteiger partial charge in [-0.1, -0.05) is 28.5 Å². The summed E-state index contributed by atoms with van der Waals surface area (Å²) in [6.45, 7) is 3.09. The number of hydrogen-bond acceptors (Lipinski definition) is 7. The summed E-state index contributed by atoms with van der Waals surface area (Å²) in [5.74, 6) is -0.462. The molecule has 0 unspecified atom stereocenters. The van der Waals surface area contributed by atoms with Crippen molar-refractivity contribution in [2.75, 3.05) is 14.2 Å². The zero-order valence-electron chi connectivity index (χ0n) is 16.1. The Bertz CT molecular complexity index is 939. The van der Waals surface area contributed by atoms with E-state index in [1.54, 1.807) is 25.1 Å². The van der Waals surface area contributed by atoms with Gasteiger partial charge in [-0.25, -0.2) is 4.98 Å². The Hall–Kier alpha value is -2.95. The Morgan fingerprint density at radius 1 is 1.31 bits per heavy atom. The minimum Gasteiger partial charge on any atom is -0.398 e. The molecule has 1 aromatic heterocycles. The fourth-order valence-corrected chi connectivity index (χ4v) is 3.19. The first kappa shape index (κ1) is 22.3. The van der Waals surface area contributed by atoms with Crippen LogP contribution in [0.15, 0.2) is 34.0 Å². The van der Waals surface area contributed by atoms with Crippen molar-refractivity contribution in [3.8, 4) is 0 Å². The fraction of sp³-hybridized carbons (Fsp3) is 0.333. The van der Waals surface area contributed by atoms with Gasteiger partial charge in [0.05, 0.1) is 5.51 Å². The van der Waals surface area contributed by atoms with Crippen molar-refractivity contribution in [1.82, 2.24) is 10.3 Å². The molecule has 7 nitrogen and oxygen atoms in total. The van der Waals surface area contributed by atoms with Gasteiger partial charge in [-0.2, -0.15) is 13.2 Å². The summed E-state index contributed by atoms with van der Waals surface area (Å²) in [6.07, 6.45) is -4.52. The molecule has 1 aromatic carbocycles. The molecule has 156 valence electrons. The number of benzene rings is 1. The number of nitrogens with zero attached hydrogens (tertiary/aromatic N) is 3. The Labute approximate surface area is 169 Å². The molecule has 0 radical (unpaired) electrons. The minimum atomic E-state index is -4.52. The van der Waals surface area contributed by atoms with Gasteiger partial charge in [0.15, 0.2) is 5.71 Å². The Balaban J connectivity index is 2.30. The summed E-state index contributed by atoms with van der Waals surface area (Å²) in [6, 6.07) is 5.20. The number of hydrogen-bond donors (Lipinski definition) is 1. The van der Waals surface area contributed by atoms with Gasteiger partial charge >= 0.3 is 6.18 Å². The number of carbonyl (C=O) groups is 1. The quantitative estimate of drug-likeness (QED) is 0.540. The number of nitrogens with one attached hydrogen (secondary N) is 1. The first-order valence-electron chi connectivity index (χ1n) is 8.30. The monoisotopic (exact) mass is 428 g/mol. The molecular weight excluding hydrogens is 409 g/mol. The SMILES string of the molecule is CNC(=O)/C(=N/OC)c1cccc(C)c1CO/N=C(\C)c1ncsc1C(F)(F)F. The van der Waals surface area contributed by atoms with E-state index in [-0.39, 0.29) is 23.7 Å². The van der Waals surface area contributed by atoms with Crippen molar-refractivity contribution in [1.29, 1.82) is 0 Å². The number of aromatic nitrogens is 1. The lowest BCUT2D eigenvalue weighted by Gasteiger charge is -2.13. The Morgan fingerprint density at radius 2 is 2.03 bits per heavy atom. The van der Waals surface area contributed by atoms with E-state index >= 15 is 0 Å². The molecule has 0 aliphatic rings. The molecule has 1 heterocycles. The van der Waals surface area contributed by atoms with Crippen molar-refractivity contribution in [3.05, 3.63) is 51.0 Å². The summed E-state index contributed by atoms with van der Waals surface area (Å²) in [5, 5.41) is 10.0. The number of amides is 1. The zero-order chi connectivity index (χ0) is 21.6. The maximum atomic E-state index is 13.0. The Kier molecular flexibility index (Phi) is 7.32. The summed E-state index contributed by atoms with van der Waals surface area (Å²) in [5.41, 5.74) is 2.70. The molecule has 0 atom stereocenters. The summed E-state index contributed by atoms with van der Waals surface area (Å²) < 4.78 is 39.1. The maximum absolute atomic E-state index is 13.0. The second kappa shape index (κ2) is 9.50. The van der Waals surface area contributed by atoms with Crippen molar-refractivity contribution in [2.45, 2.75) is 26.6 Å². The van der Waals surface area contributed by atoms with Crippen LogP contribution in [0.2, 0.25) is 0 Å². The van der Waals surface area contributed by atoms with Crippen LogP contribution in [0.1, 0.15) is 34.2 Å². The molecule has 0 saturated carbocycles. The number of alkyl halides is 3. The number of likely N-dealkylation sites (N-methyl/N-ethyl adjacent to an activating group) is 1. The lowest BCUT2D eigenvalue weighted by molar-refractivity contribution is -0.134. The lowest BCUT2D eigenvalue weighted by Crippen LogP contribution is -2.29. The number of halogens is 3. The van der Waals surface area contributed by atoms with Crippen LogP contribution in [0, 0.1) is 6.92 Å². The standard InChI is InChI=1S/C18H19F3N4O3S/c1-10-6-5-7-12(15(25-27-4)17(26)22-3)13(10)8-28-24-11(2)14-16(18(19,20)21)29-9-23-14/h5-7,9H,8H2,1-4H3,(H,22,26)/b24-11+,25-15+. The average Bonchev–Trinajstić information content (AvgIpc) is 3.17. The second-order valence-electron chi connectivity index (χ2n) is 5.78. The van der Waals surface area contributed by atoms with E-state index in [0.717, 1.165) is 11.1 Å². The third kappa shape index (κ3) is 5.31. The lowest BCUT2D eigenvalue weighted by atomic mass is 9.98. The number of aryl methyl sites for hydroxylation is 1. The van der Waals surface area contributed by atoms with E-state index in [2.05, 4.69) is 20.6 Å². The largest absolute Gasteiger partial charge is 0.427 e. The number of thiazole rings is 1. The van der Waals surface area contributed by atoms with Gasteiger partial charge in [0.1, 0.15) is 30.0 Å². The predicted molar refractivity (Wildman–Crippen MR) is 103 cm³/mol. The van der Waals surface area contributed by atoms with Crippen molar-refractivity contribution < 1.29 is 27.6 Å². The van der Waals surface area contributed by atoms with Crippen LogP contribution < -0.4 is 5.32 Å². The van der Waals surface area contributed by atoms with Gasteiger partial charge in [0, 0.05) is 18.2 Å². The normalized spacial score (nSPS) is 12.7. The number of rotatable bonds is 7. The van der Waals surface area contributed by atoms with E-state index in [1.807, 2.05) is 0 Å². The first-order valence-corrected chi connectivity index (χ1v) is 9.18. The molecule has 2 aromatic rings. The van der Waals surface area contributed by atoms with Crippen molar-refractivity contribution in [2.24, 2.45) is 10.3 Å². The number of oxime groups is 2. The second-order valence-corrected chi connectivity index (χ2v) is 6.64. The van der Waals surface area contributed by atoms with E-state index < -0.39 is 17.0 Å². The smallest absolute Gasteiger partial charge is 0.398 e. The minimum absolute atomic E-state index is 0.00853. The molecular formula is C18H19F3N4O3S. The van der Waals surface area contributed by atoms with Crippen LogP contribution in [-0.2, 0) is 27.3 Å². The number of carbonyl (C=O) groups excluding carboxylic acids is 1. The highest BCUT2D eigenvalue weighted by molar-refractivity contribution is 7.10. The highest BCUT2D eigenvalue weighted by atomic mass is 32.1. The van der Waals surface area contributed by atoms with E-state index in [9.17, 15) is 18.0 Å². The molecule has 0 spiro atoms. The maximum Gasteiger partial charge on any atom is 0.427 e. The van der Waals surface area contributed by atoms with Gasteiger partial charge in [0.2, 0.25) is 0 Å². The van der Waals surface area contributed by atoms with Crippen LogP contribution >= 0.6 is 11.3 Å². The Morgan fingerprint density at radius 3 is 2.66 bits per heavy atom. The molecule has 2 rings (SSSR count). The van der Waals surface area contributed by atoms with Crippen LogP contribution in [-0.4, -0.2) is 36.5 Å². The predicted octanol–water partition coefficient (Wildman–Crippen LogP) is 3.51. The molecule has 0 saturated heterocycles. The van der Waals surface area contributed by atoms with E-state index in [0.29, 0.717) is 22.5 Å². The van der Waals surface area contributed by atoms with E-state index in [1.165, 1.54) is 21.1 Å². The van der Waals surface area contributed by atoms with Crippen LogP contribution in [0.4, 0.5) is 13.2 Å². The summed E-state index contributed by atoms with van der Waals surface area (Å²) >= 11 is 0.488. The molecule has 1 N–H and O–H groups in total. The topological polar surface area (TPSA) is 85.2 Å². The molecule has 0 aliphatic heterocycles. The molecule has 11 heteroatoms. The van der Waals surface area contributed by atoms with Crippen LogP contribution in [0.5, 0.6) is 0 Å². The molecule has 0 aliphatic carbocycles. The van der Waals surface area contributed by atoms with Crippen LogP contribution in [0.3, 0.4) is 0 Å². The summed E-state index contributed by atoms with van der Waals surface area (Å²) in [7, 11) is 2.77.